The number of amides is 1. The van der Waals surface area contributed by atoms with Gasteiger partial charge in [-0.3, -0.25) is 4.79 Å². The van der Waals surface area contributed by atoms with E-state index in [4.69, 9.17) is 10.8 Å². The van der Waals surface area contributed by atoms with E-state index >= 15 is 0 Å². The molecule has 0 aliphatic heterocycles. The van der Waals surface area contributed by atoms with E-state index in [1.54, 1.807) is 20.8 Å². The van der Waals surface area contributed by atoms with Crippen molar-refractivity contribution in [3.63, 3.8) is 0 Å². The SMILES string of the molecule is Cc1c(N)cc(C(=O)NC(C)(C)CCO)cc1F. The van der Waals surface area contributed by atoms with Crippen LogP contribution in [0.15, 0.2) is 12.1 Å². The quantitative estimate of drug-likeness (QED) is 0.714. The molecular weight excluding hydrogens is 235 g/mol. The van der Waals surface area contributed by atoms with Gasteiger partial charge in [0.25, 0.3) is 5.91 Å². The molecule has 0 radical (unpaired) electrons. The number of hydrogen-bond acceptors (Lipinski definition) is 3. The Bertz CT molecular complexity index is 435. The highest BCUT2D eigenvalue weighted by atomic mass is 19.1. The second-order valence-corrected chi connectivity index (χ2v) is 4.98. The molecule has 0 aliphatic carbocycles. The first-order valence-electron chi connectivity index (χ1n) is 5.76. The van der Waals surface area contributed by atoms with Gasteiger partial charge in [0.2, 0.25) is 0 Å². The van der Waals surface area contributed by atoms with E-state index < -0.39 is 17.3 Å². The summed E-state index contributed by atoms with van der Waals surface area (Å²) in [4.78, 5) is 11.9. The summed E-state index contributed by atoms with van der Waals surface area (Å²) >= 11 is 0. The highest BCUT2D eigenvalue weighted by Crippen LogP contribution is 2.18. The molecule has 0 aliphatic rings. The molecule has 0 saturated carbocycles. The zero-order valence-electron chi connectivity index (χ0n) is 10.9. The maximum atomic E-state index is 13.5. The number of nitrogens with one attached hydrogen (secondary N) is 1. The van der Waals surface area contributed by atoms with Crippen molar-refractivity contribution in [1.29, 1.82) is 0 Å². The van der Waals surface area contributed by atoms with E-state index in [1.807, 2.05) is 0 Å². The molecule has 18 heavy (non-hydrogen) atoms. The Labute approximate surface area is 106 Å². The van der Waals surface area contributed by atoms with E-state index in [2.05, 4.69) is 5.32 Å². The average Bonchev–Trinajstić information content (AvgIpc) is 2.24. The van der Waals surface area contributed by atoms with Crippen LogP contribution in [-0.4, -0.2) is 23.2 Å². The standard InChI is InChI=1S/C13H19FN2O2/c1-8-10(14)6-9(7-11(8)15)12(18)16-13(2,3)4-5-17/h6-7,17H,4-5,15H2,1-3H3,(H,16,18). The summed E-state index contributed by atoms with van der Waals surface area (Å²) in [7, 11) is 0. The molecule has 0 atom stereocenters. The highest BCUT2D eigenvalue weighted by molar-refractivity contribution is 5.95. The molecule has 1 aromatic rings. The van der Waals surface area contributed by atoms with Crippen molar-refractivity contribution < 1.29 is 14.3 Å². The van der Waals surface area contributed by atoms with Crippen molar-refractivity contribution in [3.8, 4) is 0 Å². The average molecular weight is 254 g/mol. The Balaban J connectivity index is 2.92. The maximum Gasteiger partial charge on any atom is 0.251 e. The van der Waals surface area contributed by atoms with Crippen molar-refractivity contribution >= 4 is 11.6 Å². The third kappa shape index (κ3) is 3.43. The summed E-state index contributed by atoms with van der Waals surface area (Å²) < 4.78 is 13.5. The second-order valence-electron chi connectivity index (χ2n) is 4.98. The monoisotopic (exact) mass is 254 g/mol. The molecule has 4 nitrogen and oxygen atoms in total. The number of aliphatic hydroxyl groups excluding tert-OH is 1. The Morgan fingerprint density at radius 1 is 1.50 bits per heavy atom. The van der Waals surface area contributed by atoms with Crippen LogP contribution < -0.4 is 11.1 Å². The smallest absolute Gasteiger partial charge is 0.251 e. The highest BCUT2D eigenvalue weighted by Gasteiger charge is 2.21. The van der Waals surface area contributed by atoms with E-state index in [9.17, 15) is 9.18 Å². The zero-order chi connectivity index (χ0) is 13.9. The van der Waals surface area contributed by atoms with Gasteiger partial charge in [-0.2, -0.15) is 0 Å². The number of hydrogen-bond donors (Lipinski definition) is 3. The van der Waals surface area contributed by atoms with Crippen LogP contribution >= 0.6 is 0 Å². The van der Waals surface area contributed by atoms with Gasteiger partial charge in [-0.1, -0.05) is 0 Å². The minimum Gasteiger partial charge on any atom is -0.398 e. The summed E-state index contributed by atoms with van der Waals surface area (Å²) in [5.74, 6) is -0.904. The topological polar surface area (TPSA) is 75.4 Å². The fourth-order valence-electron chi connectivity index (χ4n) is 1.55. The fourth-order valence-corrected chi connectivity index (χ4v) is 1.55. The largest absolute Gasteiger partial charge is 0.398 e. The molecule has 0 bridgehead atoms. The summed E-state index contributed by atoms with van der Waals surface area (Å²) in [5, 5.41) is 11.6. The maximum absolute atomic E-state index is 13.5. The van der Waals surface area contributed by atoms with Crippen LogP contribution in [0.1, 0.15) is 36.2 Å². The normalized spacial score (nSPS) is 11.4. The number of nitrogens with two attached hydrogens (primary N) is 1. The Kier molecular flexibility index (Phi) is 4.29. The Morgan fingerprint density at radius 3 is 2.61 bits per heavy atom. The number of aliphatic hydroxyl groups is 1. The molecular formula is C13H19FN2O2. The number of halogens is 1. The number of benzene rings is 1. The number of nitrogen functional groups attached to an aromatic ring is 1. The second kappa shape index (κ2) is 5.35. The Morgan fingerprint density at radius 2 is 2.11 bits per heavy atom. The first-order chi connectivity index (χ1) is 8.26. The molecule has 4 N–H and O–H groups in total. The summed E-state index contributed by atoms with van der Waals surface area (Å²) in [6.45, 7) is 5.10. The van der Waals surface area contributed by atoms with Crippen molar-refractivity contribution in [2.24, 2.45) is 0 Å². The molecule has 100 valence electrons. The molecule has 0 fully saturated rings. The third-order valence-electron chi connectivity index (χ3n) is 2.84. The number of rotatable bonds is 4. The first kappa shape index (κ1) is 14.4. The molecule has 5 heteroatoms. The van der Waals surface area contributed by atoms with Crippen LogP contribution in [0.25, 0.3) is 0 Å². The molecule has 0 unspecified atom stereocenters. The zero-order valence-corrected chi connectivity index (χ0v) is 10.9. The number of carbonyl (C=O) groups is 1. The lowest BCUT2D eigenvalue weighted by Gasteiger charge is -2.25. The van der Waals surface area contributed by atoms with Gasteiger partial charge in [-0.25, -0.2) is 4.39 Å². The van der Waals surface area contributed by atoms with Gasteiger partial charge >= 0.3 is 0 Å². The minimum atomic E-state index is -0.554. The van der Waals surface area contributed by atoms with Crippen LogP contribution in [0.4, 0.5) is 10.1 Å². The Hall–Kier alpha value is -1.62. The van der Waals surface area contributed by atoms with Gasteiger partial charge in [0, 0.05) is 29.0 Å². The van der Waals surface area contributed by atoms with Gasteiger partial charge < -0.3 is 16.2 Å². The van der Waals surface area contributed by atoms with Crippen LogP contribution in [0.3, 0.4) is 0 Å². The lowest BCUT2D eigenvalue weighted by molar-refractivity contribution is 0.0899. The van der Waals surface area contributed by atoms with Crippen molar-refractivity contribution in [2.75, 3.05) is 12.3 Å². The molecule has 0 heterocycles. The van der Waals surface area contributed by atoms with Crippen LogP contribution in [0.5, 0.6) is 0 Å². The van der Waals surface area contributed by atoms with Crippen molar-refractivity contribution in [1.82, 2.24) is 5.32 Å². The minimum absolute atomic E-state index is 0.0301. The van der Waals surface area contributed by atoms with E-state index in [0.717, 1.165) is 6.07 Å². The van der Waals surface area contributed by atoms with E-state index in [0.29, 0.717) is 12.0 Å². The molecule has 1 amide bonds. The predicted octanol–water partition coefficient (Wildman–Crippen LogP) is 1.61. The number of carbonyl (C=O) groups excluding carboxylic acids is 1. The van der Waals surface area contributed by atoms with E-state index in [1.165, 1.54) is 6.07 Å². The van der Waals surface area contributed by atoms with Crippen molar-refractivity contribution in [2.45, 2.75) is 32.7 Å². The molecule has 1 aromatic carbocycles. The van der Waals surface area contributed by atoms with Crippen LogP contribution in [0, 0.1) is 12.7 Å². The third-order valence-corrected chi connectivity index (χ3v) is 2.84. The van der Waals surface area contributed by atoms with Gasteiger partial charge in [0.1, 0.15) is 5.82 Å². The molecule has 0 spiro atoms. The summed E-state index contributed by atoms with van der Waals surface area (Å²) in [6.07, 6.45) is 0.419. The van der Waals surface area contributed by atoms with Gasteiger partial charge in [0.15, 0.2) is 0 Å². The lowest BCUT2D eigenvalue weighted by atomic mass is 10.00. The van der Waals surface area contributed by atoms with Gasteiger partial charge in [-0.05, 0) is 39.3 Å². The predicted molar refractivity (Wildman–Crippen MR) is 68.8 cm³/mol. The summed E-state index contributed by atoms with van der Waals surface area (Å²) in [6, 6.07) is 2.61. The van der Waals surface area contributed by atoms with Crippen molar-refractivity contribution in [3.05, 3.63) is 29.1 Å². The fraction of sp³-hybridized carbons (Fsp3) is 0.462. The molecule has 0 aromatic heterocycles. The molecule has 1 rings (SSSR count). The van der Waals surface area contributed by atoms with Crippen LogP contribution in [0.2, 0.25) is 0 Å². The van der Waals surface area contributed by atoms with Gasteiger partial charge in [0.05, 0.1) is 0 Å². The lowest BCUT2D eigenvalue weighted by Crippen LogP contribution is -2.44. The summed E-state index contributed by atoms with van der Waals surface area (Å²) in [5.41, 5.74) is 5.83. The first-order valence-corrected chi connectivity index (χ1v) is 5.76. The molecule has 0 saturated heterocycles. The number of anilines is 1. The van der Waals surface area contributed by atoms with E-state index in [-0.39, 0.29) is 17.9 Å². The van der Waals surface area contributed by atoms with Crippen LogP contribution in [-0.2, 0) is 0 Å². The van der Waals surface area contributed by atoms with Gasteiger partial charge in [-0.15, -0.1) is 0 Å².